The van der Waals surface area contributed by atoms with E-state index in [0.29, 0.717) is 5.56 Å². The number of halogens is 1. The number of nitro benzene ring substituents is 1. The third-order valence-corrected chi connectivity index (χ3v) is 4.19. The first kappa shape index (κ1) is 17.9. The number of benzene rings is 2. The molecule has 134 valence electrons. The van der Waals surface area contributed by atoms with E-state index < -0.39 is 28.6 Å². The number of nitrogens with zero attached hydrogens (tertiary/aromatic N) is 1. The van der Waals surface area contributed by atoms with Crippen LogP contribution >= 0.6 is 11.6 Å². The van der Waals surface area contributed by atoms with Crippen LogP contribution < -0.4 is 5.32 Å². The maximum Gasteiger partial charge on any atom is 0.339 e. The first-order valence-corrected chi connectivity index (χ1v) is 8.34. The van der Waals surface area contributed by atoms with E-state index in [1.165, 1.54) is 12.1 Å². The molecule has 1 atom stereocenters. The van der Waals surface area contributed by atoms with Crippen molar-refractivity contribution in [3.8, 4) is 0 Å². The Bertz CT molecular complexity index is 852. The van der Waals surface area contributed by atoms with Gasteiger partial charge in [-0.15, -0.1) is 0 Å². The zero-order valence-electron chi connectivity index (χ0n) is 13.6. The normalized spacial score (nSPS) is 14.3. The van der Waals surface area contributed by atoms with Gasteiger partial charge in [0.2, 0.25) is 6.10 Å². The Morgan fingerprint density at radius 2 is 1.88 bits per heavy atom. The lowest BCUT2D eigenvalue weighted by Gasteiger charge is -2.18. The monoisotopic (exact) mass is 374 g/mol. The number of amides is 1. The number of hydrogen-bond acceptors (Lipinski definition) is 5. The molecule has 2 aromatic carbocycles. The molecule has 8 heteroatoms. The van der Waals surface area contributed by atoms with Gasteiger partial charge in [0.1, 0.15) is 5.02 Å². The van der Waals surface area contributed by atoms with Crippen molar-refractivity contribution >= 4 is 29.2 Å². The zero-order chi connectivity index (χ0) is 18.7. The highest BCUT2D eigenvalue weighted by Gasteiger charge is 2.31. The summed E-state index contributed by atoms with van der Waals surface area (Å²) in [4.78, 5) is 35.2. The summed E-state index contributed by atoms with van der Waals surface area (Å²) in [6.45, 7) is 0. The Morgan fingerprint density at radius 3 is 2.50 bits per heavy atom. The van der Waals surface area contributed by atoms with Crippen LogP contribution in [0.15, 0.2) is 48.5 Å². The van der Waals surface area contributed by atoms with Gasteiger partial charge >= 0.3 is 5.97 Å². The Hall–Kier alpha value is -2.93. The summed E-state index contributed by atoms with van der Waals surface area (Å²) in [6, 6.07) is 12.3. The Morgan fingerprint density at radius 1 is 1.19 bits per heavy atom. The molecule has 2 aromatic rings. The molecule has 0 unspecified atom stereocenters. The smallest absolute Gasteiger partial charge is 0.339 e. The molecule has 7 nitrogen and oxygen atoms in total. The molecule has 0 saturated heterocycles. The van der Waals surface area contributed by atoms with Gasteiger partial charge < -0.3 is 10.1 Å². The highest BCUT2D eigenvalue weighted by molar-refractivity contribution is 6.32. The van der Waals surface area contributed by atoms with Crippen LogP contribution in [0.2, 0.25) is 5.02 Å². The van der Waals surface area contributed by atoms with Crippen LogP contribution in [0, 0.1) is 10.1 Å². The molecule has 3 rings (SSSR count). The number of hydrogen-bond donors (Lipinski definition) is 1. The maximum absolute atomic E-state index is 12.5. The molecule has 0 aromatic heterocycles. The molecule has 0 radical (unpaired) electrons. The van der Waals surface area contributed by atoms with Crippen molar-refractivity contribution in [1.29, 1.82) is 0 Å². The third kappa shape index (κ3) is 4.18. The van der Waals surface area contributed by atoms with Gasteiger partial charge in [0.15, 0.2) is 0 Å². The lowest BCUT2D eigenvalue weighted by atomic mass is 10.1. The van der Waals surface area contributed by atoms with E-state index >= 15 is 0 Å². The van der Waals surface area contributed by atoms with E-state index in [1.54, 1.807) is 30.3 Å². The predicted octanol–water partition coefficient (Wildman–Crippen LogP) is 3.42. The summed E-state index contributed by atoms with van der Waals surface area (Å²) >= 11 is 5.75. The zero-order valence-corrected chi connectivity index (χ0v) is 14.3. The number of esters is 1. The van der Waals surface area contributed by atoms with Gasteiger partial charge in [0, 0.05) is 17.7 Å². The van der Waals surface area contributed by atoms with Gasteiger partial charge in [-0.05, 0) is 25.0 Å². The van der Waals surface area contributed by atoms with Gasteiger partial charge in [0.25, 0.3) is 11.6 Å². The Kier molecular flexibility index (Phi) is 5.18. The highest BCUT2D eigenvalue weighted by atomic mass is 35.5. The van der Waals surface area contributed by atoms with E-state index in [9.17, 15) is 19.7 Å². The molecule has 26 heavy (non-hydrogen) atoms. The molecule has 1 aliphatic carbocycles. The molecule has 0 aliphatic heterocycles. The van der Waals surface area contributed by atoms with Crippen molar-refractivity contribution in [3.63, 3.8) is 0 Å². The minimum atomic E-state index is -1.14. The van der Waals surface area contributed by atoms with Crippen LogP contribution in [0.3, 0.4) is 0 Å². The van der Waals surface area contributed by atoms with Gasteiger partial charge in [-0.25, -0.2) is 4.79 Å². The lowest BCUT2D eigenvalue weighted by Crippen LogP contribution is -2.33. The fraction of sp³-hybridized carbons (Fsp3) is 0.222. The molecular formula is C18H15ClN2O5. The van der Waals surface area contributed by atoms with Crippen molar-refractivity contribution in [2.45, 2.75) is 25.0 Å². The second-order valence-corrected chi connectivity index (χ2v) is 6.31. The highest BCUT2D eigenvalue weighted by Crippen LogP contribution is 2.27. The standard InChI is InChI=1S/C18H15ClN2O5/c19-14-9-6-12(10-15(14)21(24)25)18(23)26-16(11-4-2-1-3-5-11)17(22)20-13-7-8-13/h1-6,9-10,13,16H,7-8H2,(H,20,22)/t16-/m1/s1. The minimum absolute atomic E-state index is 0.0544. The van der Waals surface area contributed by atoms with Crippen LogP contribution in [0.25, 0.3) is 0 Å². The molecular weight excluding hydrogens is 360 g/mol. The average Bonchev–Trinajstić information content (AvgIpc) is 3.44. The quantitative estimate of drug-likeness (QED) is 0.474. The average molecular weight is 375 g/mol. The van der Waals surface area contributed by atoms with E-state index in [0.717, 1.165) is 18.9 Å². The molecule has 1 fully saturated rings. The third-order valence-electron chi connectivity index (χ3n) is 3.87. The van der Waals surface area contributed by atoms with E-state index in [-0.39, 0.29) is 16.6 Å². The number of carbonyl (C=O) groups excluding carboxylic acids is 2. The van der Waals surface area contributed by atoms with Crippen LogP contribution in [-0.4, -0.2) is 22.8 Å². The number of nitro groups is 1. The molecule has 0 heterocycles. The number of nitrogens with one attached hydrogen (secondary N) is 1. The van der Waals surface area contributed by atoms with E-state index in [4.69, 9.17) is 16.3 Å². The van der Waals surface area contributed by atoms with Gasteiger partial charge in [0.05, 0.1) is 10.5 Å². The summed E-state index contributed by atoms with van der Waals surface area (Å²) in [5.41, 5.74) is 0.0588. The molecule has 1 aliphatic rings. The molecule has 1 N–H and O–H groups in total. The molecule has 0 spiro atoms. The maximum atomic E-state index is 12.5. The van der Waals surface area contributed by atoms with Crippen molar-refractivity contribution in [1.82, 2.24) is 5.32 Å². The van der Waals surface area contributed by atoms with Crippen LogP contribution in [-0.2, 0) is 9.53 Å². The predicted molar refractivity (Wildman–Crippen MR) is 93.9 cm³/mol. The summed E-state index contributed by atoms with van der Waals surface area (Å²) < 4.78 is 5.37. The molecule has 1 saturated carbocycles. The number of carbonyl (C=O) groups is 2. The summed E-state index contributed by atoms with van der Waals surface area (Å²) in [6.07, 6.45) is 0.647. The molecule has 1 amide bonds. The minimum Gasteiger partial charge on any atom is -0.444 e. The van der Waals surface area contributed by atoms with Crippen molar-refractivity contribution < 1.29 is 19.2 Å². The van der Waals surface area contributed by atoms with Gasteiger partial charge in [-0.3, -0.25) is 14.9 Å². The molecule has 0 bridgehead atoms. The fourth-order valence-corrected chi connectivity index (χ4v) is 2.55. The SMILES string of the molecule is O=C(O[C@@H](C(=O)NC1CC1)c1ccccc1)c1ccc(Cl)c([N+](=O)[O-])c1. The van der Waals surface area contributed by atoms with Gasteiger partial charge in [-0.1, -0.05) is 41.9 Å². The van der Waals surface area contributed by atoms with Crippen LogP contribution in [0.1, 0.15) is 34.9 Å². The largest absolute Gasteiger partial charge is 0.444 e. The van der Waals surface area contributed by atoms with Gasteiger partial charge in [-0.2, -0.15) is 0 Å². The summed E-state index contributed by atoms with van der Waals surface area (Å²) in [5.74, 6) is -1.26. The number of rotatable bonds is 6. The van der Waals surface area contributed by atoms with Crippen molar-refractivity contribution in [3.05, 3.63) is 74.8 Å². The second kappa shape index (κ2) is 7.53. The number of ether oxygens (including phenoxy) is 1. The summed E-state index contributed by atoms with van der Waals surface area (Å²) in [5, 5.41) is 13.7. The fourth-order valence-electron chi connectivity index (χ4n) is 2.36. The topological polar surface area (TPSA) is 98.5 Å². The van der Waals surface area contributed by atoms with Crippen LogP contribution in [0.5, 0.6) is 0 Å². The van der Waals surface area contributed by atoms with Crippen molar-refractivity contribution in [2.75, 3.05) is 0 Å². The lowest BCUT2D eigenvalue weighted by molar-refractivity contribution is -0.384. The summed E-state index contributed by atoms with van der Waals surface area (Å²) in [7, 11) is 0. The second-order valence-electron chi connectivity index (χ2n) is 5.90. The van der Waals surface area contributed by atoms with E-state index in [1.807, 2.05) is 0 Å². The Labute approximate surface area is 154 Å². The van der Waals surface area contributed by atoms with Crippen LogP contribution in [0.4, 0.5) is 5.69 Å². The Balaban J connectivity index is 1.84. The first-order chi connectivity index (χ1) is 12.5. The first-order valence-electron chi connectivity index (χ1n) is 7.96. The van der Waals surface area contributed by atoms with Crippen molar-refractivity contribution in [2.24, 2.45) is 0 Å². The van der Waals surface area contributed by atoms with E-state index in [2.05, 4.69) is 5.32 Å².